The number of sulfone groups is 1. The van der Waals surface area contributed by atoms with Gasteiger partial charge in [-0.25, -0.2) is 8.42 Å². The number of nitrogens with zero attached hydrogens (tertiary/aromatic N) is 1. The predicted octanol–water partition coefficient (Wildman–Crippen LogP) is 2.22. The number of aryl methyl sites for hydroxylation is 1. The lowest BCUT2D eigenvalue weighted by Crippen LogP contribution is -2.36. The van der Waals surface area contributed by atoms with E-state index < -0.39 is 9.84 Å². The third-order valence-corrected chi connectivity index (χ3v) is 5.84. The molecular weight excluding hydrogens is 296 g/mol. The van der Waals surface area contributed by atoms with Gasteiger partial charge in [-0.15, -0.1) is 0 Å². The van der Waals surface area contributed by atoms with Crippen LogP contribution < -0.4 is 5.32 Å². The van der Waals surface area contributed by atoms with Crippen molar-refractivity contribution < 1.29 is 8.42 Å². The normalized spacial score (nSPS) is 23.4. The molecule has 22 heavy (non-hydrogen) atoms. The Morgan fingerprint density at radius 1 is 1.32 bits per heavy atom. The quantitative estimate of drug-likeness (QED) is 0.902. The van der Waals surface area contributed by atoms with Crippen molar-refractivity contribution in [3.05, 3.63) is 29.3 Å². The molecule has 1 fully saturated rings. The number of benzene rings is 1. The number of rotatable bonds is 5. The number of hydrogen-bond donors (Lipinski definition) is 1. The number of likely N-dealkylation sites (tertiary alicyclic amines) is 1. The van der Waals surface area contributed by atoms with Gasteiger partial charge in [0.1, 0.15) is 0 Å². The first-order chi connectivity index (χ1) is 10.2. The second-order valence-electron chi connectivity index (χ2n) is 6.88. The van der Waals surface area contributed by atoms with Crippen LogP contribution in [0.4, 0.5) is 0 Å². The summed E-state index contributed by atoms with van der Waals surface area (Å²) in [6, 6.07) is 6.70. The van der Waals surface area contributed by atoms with Gasteiger partial charge in [-0.3, -0.25) is 4.90 Å². The van der Waals surface area contributed by atoms with Crippen LogP contribution in [-0.2, 0) is 16.4 Å². The van der Waals surface area contributed by atoms with Crippen LogP contribution in [-0.4, -0.2) is 44.7 Å². The molecule has 2 atom stereocenters. The van der Waals surface area contributed by atoms with E-state index in [4.69, 9.17) is 0 Å². The zero-order chi connectivity index (χ0) is 16.5. The SMILES string of the molecule is Cc1cc(CNC2CN(C(C)C)CC2C)ccc1S(C)(=O)=O. The Morgan fingerprint density at radius 2 is 2.00 bits per heavy atom. The van der Waals surface area contributed by atoms with Crippen LogP contribution in [0.2, 0.25) is 0 Å². The first-order valence-corrected chi connectivity index (χ1v) is 9.84. The van der Waals surface area contributed by atoms with Crippen molar-refractivity contribution in [2.24, 2.45) is 5.92 Å². The monoisotopic (exact) mass is 324 g/mol. The minimum absolute atomic E-state index is 0.427. The van der Waals surface area contributed by atoms with Gasteiger partial charge < -0.3 is 5.32 Å². The van der Waals surface area contributed by atoms with Gasteiger partial charge in [-0.2, -0.15) is 0 Å². The van der Waals surface area contributed by atoms with Gasteiger partial charge in [0.2, 0.25) is 0 Å². The minimum atomic E-state index is -3.13. The summed E-state index contributed by atoms with van der Waals surface area (Å²) in [6.07, 6.45) is 1.26. The van der Waals surface area contributed by atoms with Gasteiger partial charge in [-0.1, -0.05) is 19.1 Å². The van der Waals surface area contributed by atoms with Crippen molar-refractivity contribution in [3.63, 3.8) is 0 Å². The van der Waals surface area contributed by atoms with E-state index in [2.05, 4.69) is 31.0 Å². The average molecular weight is 324 g/mol. The molecule has 124 valence electrons. The van der Waals surface area contributed by atoms with Crippen molar-refractivity contribution in [3.8, 4) is 0 Å². The van der Waals surface area contributed by atoms with Gasteiger partial charge in [-0.05, 0) is 43.9 Å². The fraction of sp³-hybridized carbons (Fsp3) is 0.647. The second kappa shape index (κ2) is 6.69. The maximum atomic E-state index is 11.7. The molecule has 1 aliphatic rings. The summed E-state index contributed by atoms with van der Waals surface area (Å²) in [7, 11) is -3.13. The maximum Gasteiger partial charge on any atom is 0.175 e. The molecular formula is C17H28N2O2S. The topological polar surface area (TPSA) is 49.4 Å². The Bertz CT molecular complexity index is 626. The molecule has 0 saturated carbocycles. The summed E-state index contributed by atoms with van der Waals surface area (Å²) in [5.41, 5.74) is 1.96. The minimum Gasteiger partial charge on any atom is -0.308 e. The van der Waals surface area contributed by atoms with Crippen molar-refractivity contribution in [1.82, 2.24) is 10.2 Å². The van der Waals surface area contributed by atoms with Crippen molar-refractivity contribution >= 4 is 9.84 Å². The highest BCUT2D eigenvalue weighted by Gasteiger charge is 2.30. The van der Waals surface area contributed by atoms with Crippen LogP contribution in [0.25, 0.3) is 0 Å². The second-order valence-corrected chi connectivity index (χ2v) is 8.87. The van der Waals surface area contributed by atoms with Gasteiger partial charge in [0.25, 0.3) is 0 Å². The van der Waals surface area contributed by atoms with Crippen LogP contribution in [0.1, 0.15) is 31.9 Å². The Morgan fingerprint density at radius 3 is 2.50 bits per heavy atom. The van der Waals surface area contributed by atoms with Gasteiger partial charge in [0.05, 0.1) is 4.90 Å². The average Bonchev–Trinajstić information content (AvgIpc) is 2.76. The molecule has 1 aliphatic heterocycles. The Kier molecular flexibility index (Phi) is 5.30. The number of nitrogens with one attached hydrogen (secondary N) is 1. The van der Waals surface area contributed by atoms with Crippen molar-refractivity contribution in [1.29, 1.82) is 0 Å². The summed E-state index contributed by atoms with van der Waals surface area (Å²) in [6.45, 7) is 11.6. The summed E-state index contributed by atoms with van der Waals surface area (Å²) in [5, 5.41) is 3.63. The van der Waals surface area contributed by atoms with Gasteiger partial charge in [0.15, 0.2) is 9.84 Å². The van der Waals surface area contributed by atoms with E-state index in [1.165, 1.54) is 6.26 Å². The molecule has 0 radical (unpaired) electrons. The molecule has 0 spiro atoms. The molecule has 0 bridgehead atoms. The fourth-order valence-corrected chi connectivity index (χ4v) is 4.14. The summed E-state index contributed by atoms with van der Waals surface area (Å²) in [4.78, 5) is 2.93. The zero-order valence-electron chi connectivity index (χ0n) is 14.3. The molecule has 1 aromatic rings. The van der Waals surface area contributed by atoms with E-state index in [1.807, 2.05) is 19.1 Å². The first-order valence-electron chi connectivity index (χ1n) is 7.95. The lowest BCUT2D eigenvalue weighted by Gasteiger charge is -2.20. The zero-order valence-corrected chi connectivity index (χ0v) is 15.1. The van der Waals surface area contributed by atoms with Crippen LogP contribution in [0.5, 0.6) is 0 Å². The van der Waals surface area contributed by atoms with Crippen LogP contribution >= 0.6 is 0 Å². The van der Waals surface area contributed by atoms with Crippen molar-refractivity contribution in [2.45, 2.75) is 51.2 Å². The van der Waals surface area contributed by atoms with Gasteiger partial charge >= 0.3 is 0 Å². The third-order valence-electron chi connectivity index (χ3n) is 4.58. The fourth-order valence-electron chi connectivity index (χ4n) is 3.18. The maximum absolute atomic E-state index is 11.7. The van der Waals surface area contributed by atoms with Gasteiger partial charge in [0, 0.05) is 38.0 Å². The Labute approximate surface area is 134 Å². The Hall–Kier alpha value is -0.910. The van der Waals surface area contributed by atoms with Crippen LogP contribution in [0, 0.1) is 12.8 Å². The third kappa shape index (κ3) is 4.09. The summed E-state index contributed by atoms with van der Waals surface area (Å²) >= 11 is 0. The molecule has 1 N–H and O–H groups in total. The lowest BCUT2D eigenvalue weighted by atomic mass is 10.1. The number of hydrogen-bond acceptors (Lipinski definition) is 4. The molecule has 4 nitrogen and oxygen atoms in total. The van der Waals surface area contributed by atoms with E-state index in [0.717, 1.165) is 30.8 Å². The molecule has 0 aromatic heterocycles. The van der Waals surface area contributed by atoms with Crippen LogP contribution in [0.3, 0.4) is 0 Å². The van der Waals surface area contributed by atoms with Crippen LogP contribution in [0.15, 0.2) is 23.1 Å². The van der Waals surface area contributed by atoms with Crippen molar-refractivity contribution in [2.75, 3.05) is 19.3 Å². The van der Waals surface area contributed by atoms with E-state index in [0.29, 0.717) is 22.9 Å². The molecule has 0 amide bonds. The van der Waals surface area contributed by atoms with E-state index >= 15 is 0 Å². The molecule has 5 heteroatoms. The molecule has 1 heterocycles. The standard InChI is InChI=1S/C17H28N2O2S/c1-12(2)19-10-14(4)16(11-19)18-9-15-6-7-17(13(3)8-15)22(5,20)21/h6-8,12,14,16,18H,9-11H2,1-5H3. The molecule has 0 aliphatic carbocycles. The molecule has 1 saturated heterocycles. The summed E-state index contributed by atoms with van der Waals surface area (Å²) in [5.74, 6) is 0.638. The molecule has 1 aromatic carbocycles. The molecule has 2 unspecified atom stereocenters. The highest BCUT2D eigenvalue weighted by Crippen LogP contribution is 2.20. The predicted molar refractivity (Wildman–Crippen MR) is 90.8 cm³/mol. The lowest BCUT2D eigenvalue weighted by molar-refractivity contribution is 0.264. The Balaban J connectivity index is 1.99. The summed E-state index contributed by atoms with van der Waals surface area (Å²) < 4.78 is 23.3. The highest BCUT2D eigenvalue weighted by molar-refractivity contribution is 7.90. The smallest absolute Gasteiger partial charge is 0.175 e. The highest BCUT2D eigenvalue weighted by atomic mass is 32.2. The first kappa shape index (κ1) is 17.4. The molecule has 2 rings (SSSR count). The van der Waals surface area contributed by atoms with E-state index in [-0.39, 0.29) is 0 Å². The van der Waals surface area contributed by atoms with E-state index in [1.54, 1.807) is 6.07 Å². The van der Waals surface area contributed by atoms with E-state index in [9.17, 15) is 8.42 Å². The largest absolute Gasteiger partial charge is 0.308 e.